The summed E-state index contributed by atoms with van der Waals surface area (Å²) >= 11 is 0. The number of hydrogen-bond donors (Lipinski definition) is 2. The Hall–Kier alpha value is -3.81. The molecule has 150 valence electrons. The Morgan fingerprint density at radius 3 is 2.14 bits per heavy atom. The number of rotatable bonds is 8. The van der Waals surface area contributed by atoms with E-state index in [9.17, 15) is 4.79 Å². The summed E-state index contributed by atoms with van der Waals surface area (Å²) in [5.41, 5.74) is 1.65. The van der Waals surface area contributed by atoms with Gasteiger partial charge in [0.2, 0.25) is 5.91 Å². The van der Waals surface area contributed by atoms with Gasteiger partial charge in [-0.05, 0) is 54.1 Å². The van der Waals surface area contributed by atoms with Gasteiger partial charge >= 0.3 is 0 Å². The smallest absolute Gasteiger partial charge is 0.229 e. The van der Waals surface area contributed by atoms with Gasteiger partial charge in [0.15, 0.2) is 23.1 Å². The first-order chi connectivity index (χ1) is 14.1. The SMILES string of the molecule is COc1ccc(Nc2ccc(NC(=O)Cc3ccc(OC)c(OC)c3)nn2)cc1. The normalized spacial score (nSPS) is 10.2. The summed E-state index contributed by atoms with van der Waals surface area (Å²) in [6.07, 6.45) is 0.174. The molecule has 0 spiro atoms. The topological polar surface area (TPSA) is 94.6 Å². The van der Waals surface area contributed by atoms with Crippen LogP contribution in [-0.2, 0) is 11.2 Å². The van der Waals surface area contributed by atoms with Crippen LogP contribution in [0.5, 0.6) is 17.2 Å². The van der Waals surface area contributed by atoms with E-state index in [0.717, 1.165) is 17.0 Å². The highest BCUT2D eigenvalue weighted by atomic mass is 16.5. The number of nitrogens with one attached hydrogen (secondary N) is 2. The van der Waals surface area contributed by atoms with Gasteiger partial charge in [-0.2, -0.15) is 0 Å². The van der Waals surface area contributed by atoms with E-state index in [2.05, 4.69) is 20.8 Å². The van der Waals surface area contributed by atoms with Crippen LogP contribution in [-0.4, -0.2) is 37.4 Å². The molecule has 0 bridgehead atoms. The summed E-state index contributed by atoms with van der Waals surface area (Å²) in [6.45, 7) is 0. The van der Waals surface area contributed by atoms with Crippen molar-refractivity contribution in [3.05, 3.63) is 60.2 Å². The molecule has 3 aromatic rings. The lowest BCUT2D eigenvalue weighted by atomic mass is 10.1. The summed E-state index contributed by atoms with van der Waals surface area (Å²) in [5, 5.41) is 14.0. The van der Waals surface area contributed by atoms with E-state index in [1.54, 1.807) is 45.6 Å². The first kappa shape index (κ1) is 19.9. The van der Waals surface area contributed by atoms with Gasteiger partial charge in [0.25, 0.3) is 0 Å². The molecule has 0 aliphatic carbocycles. The fourth-order valence-electron chi connectivity index (χ4n) is 2.65. The maximum absolute atomic E-state index is 12.3. The molecular weight excluding hydrogens is 372 g/mol. The maximum atomic E-state index is 12.3. The van der Waals surface area contributed by atoms with E-state index in [1.165, 1.54) is 0 Å². The number of amides is 1. The molecule has 1 heterocycles. The molecular formula is C21H22N4O4. The Kier molecular flexibility index (Phi) is 6.47. The monoisotopic (exact) mass is 394 g/mol. The Morgan fingerprint density at radius 2 is 1.52 bits per heavy atom. The van der Waals surface area contributed by atoms with Crippen LogP contribution in [0.3, 0.4) is 0 Å². The molecule has 2 aromatic carbocycles. The zero-order chi connectivity index (χ0) is 20.6. The molecule has 1 amide bonds. The summed E-state index contributed by atoms with van der Waals surface area (Å²) in [7, 11) is 4.74. The van der Waals surface area contributed by atoms with Crippen molar-refractivity contribution in [1.82, 2.24) is 10.2 Å². The van der Waals surface area contributed by atoms with Crippen LogP contribution < -0.4 is 24.8 Å². The van der Waals surface area contributed by atoms with Gasteiger partial charge in [0, 0.05) is 5.69 Å². The van der Waals surface area contributed by atoms with E-state index >= 15 is 0 Å². The number of benzene rings is 2. The summed E-state index contributed by atoms with van der Waals surface area (Å²) in [5.74, 6) is 2.69. The van der Waals surface area contributed by atoms with Crippen LogP contribution >= 0.6 is 0 Å². The number of ether oxygens (including phenoxy) is 3. The fourth-order valence-corrected chi connectivity index (χ4v) is 2.65. The average molecular weight is 394 g/mol. The molecule has 8 heteroatoms. The Balaban J connectivity index is 1.58. The minimum absolute atomic E-state index is 0.174. The van der Waals surface area contributed by atoms with Crippen molar-refractivity contribution < 1.29 is 19.0 Å². The van der Waals surface area contributed by atoms with Crippen LogP contribution in [0.1, 0.15) is 5.56 Å². The van der Waals surface area contributed by atoms with Crippen LogP contribution in [0.4, 0.5) is 17.3 Å². The first-order valence-electron chi connectivity index (χ1n) is 8.87. The Morgan fingerprint density at radius 1 is 0.828 bits per heavy atom. The Bertz CT molecular complexity index is 959. The molecule has 0 saturated carbocycles. The van der Waals surface area contributed by atoms with E-state index in [0.29, 0.717) is 23.1 Å². The van der Waals surface area contributed by atoms with Crippen molar-refractivity contribution in [2.24, 2.45) is 0 Å². The lowest BCUT2D eigenvalue weighted by Crippen LogP contribution is -2.15. The van der Waals surface area contributed by atoms with Crippen molar-refractivity contribution in [3.63, 3.8) is 0 Å². The van der Waals surface area contributed by atoms with Crippen molar-refractivity contribution in [2.45, 2.75) is 6.42 Å². The van der Waals surface area contributed by atoms with E-state index in [4.69, 9.17) is 14.2 Å². The molecule has 0 atom stereocenters. The molecule has 3 rings (SSSR count). The van der Waals surface area contributed by atoms with Gasteiger partial charge in [-0.1, -0.05) is 6.07 Å². The van der Waals surface area contributed by atoms with E-state index < -0.39 is 0 Å². The molecule has 0 radical (unpaired) electrons. The van der Waals surface area contributed by atoms with Crippen molar-refractivity contribution in [2.75, 3.05) is 32.0 Å². The molecule has 0 fully saturated rings. The van der Waals surface area contributed by atoms with Crippen LogP contribution in [0.15, 0.2) is 54.6 Å². The van der Waals surface area contributed by atoms with Crippen molar-refractivity contribution in [3.8, 4) is 17.2 Å². The number of anilines is 3. The van der Waals surface area contributed by atoms with Crippen LogP contribution in [0.25, 0.3) is 0 Å². The number of hydrogen-bond acceptors (Lipinski definition) is 7. The van der Waals surface area contributed by atoms with Gasteiger partial charge in [0.1, 0.15) is 5.75 Å². The molecule has 2 N–H and O–H groups in total. The second kappa shape index (κ2) is 9.41. The third-order valence-electron chi connectivity index (χ3n) is 4.11. The van der Waals surface area contributed by atoms with Crippen molar-refractivity contribution in [1.29, 1.82) is 0 Å². The second-order valence-electron chi connectivity index (χ2n) is 6.07. The minimum Gasteiger partial charge on any atom is -0.497 e. The predicted octanol–water partition coefficient (Wildman–Crippen LogP) is 3.43. The number of aromatic nitrogens is 2. The number of nitrogens with zero attached hydrogens (tertiary/aromatic N) is 2. The first-order valence-corrected chi connectivity index (χ1v) is 8.87. The van der Waals surface area contributed by atoms with Gasteiger partial charge in [-0.15, -0.1) is 10.2 Å². The quantitative estimate of drug-likeness (QED) is 0.604. The standard InChI is InChI=1S/C21H22N4O4/c1-27-16-7-5-15(6-8-16)22-19-10-11-20(25-24-19)23-21(26)13-14-4-9-17(28-2)18(12-14)29-3/h4-12H,13H2,1-3H3,(H,22,24)(H,23,25,26). The highest BCUT2D eigenvalue weighted by Crippen LogP contribution is 2.27. The van der Waals surface area contributed by atoms with Gasteiger partial charge in [0.05, 0.1) is 27.8 Å². The van der Waals surface area contributed by atoms with Gasteiger partial charge in [-0.25, -0.2) is 0 Å². The third kappa shape index (κ3) is 5.35. The molecule has 8 nitrogen and oxygen atoms in total. The number of methoxy groups -OCH3 is 3. The van der Waals surface area contributed by atoms with Crippen LogP contribution in [0.2, 0.25) is 0 Å². The highest BCUT2D eigenvalue weighted by molar-refractivity contribution is 5.91. The largest absolute Gasteiger partial charge is 0.497 e. The lowest BCUT2D eigenvalue weighted by Gasteiger charge is -2.10. The van der Waals surface area contributed by atoms with Crippen molar-refractivity contribution >= 4 is 23.2 Å². The molecule has 0 saturated heterocycles. The fraction of sp³-hybridized carbons (Fsp3) is 0.190. The molecule has 1 aromatic heterocycles. The summed E-state index contributed by atoms with van der Waals surface area (Å²) in [6, 6.07) is 16.2. The molecule has 29 heavy (non-hydrogen) atoms. The number of carbonyl (C=O) groups is 1. The van der Waals surface area contributed by atoms with E-state index in [-0.39, 0.29) is 12.3 Å². The third-order valence-corrected chi connectivity index (χ3v) is 4.11. The summed E-state index contributed by atoms with van der Waals surface area (Å²) in [4.78, 5) is 12.3. The average Bonchev–Trinajstić information content (AvgIpc) is 2.75. The molecule has 0 aliphatic heterocycles. The predicted molar refractivity (Wildman–Crippen MR) is 110 cm³/mol. The van der Waals surface area contributed by atoms with Gasteiger partial charge in [-0.3, -0.25) is 4.79 Å². The zero-order valence-electron chi connectivity index (χ0n) is 16.4. The zero-order valence-corrected chi connectivity index (χ0v) is 16.4. The summed E-state index contributed by atoms with van der Waals surface area (Å²) < 4.78 is 15.6. The lowest BCUT2D eigenvalue weighted by molar-refractivity contribution is -0.115. The molecule has 0 unspecified atom stereocenters. The highest BCUT2D eigenvalue weighted by Gasteiger charge is 2.09. The maximum Gasteiger partial charge on any atom is 0.229 e. The molecule has 0 aliphatic rings. The van der Waals surface area contributed by atoms with Crippen LogP contribution in [0, 0.1) is 0 Å². The number of carbonyl (C=O) groups excluding carboxylic acids is 1. The van der Waals surface area contributed by atoms with Gasteiger partial charge < -0.3 is 24.8 Å². The minimum atomic E-state index is -0.206. The Labute approximate surface area is 168 Å². The second-order valence-corrected chi connectivity index (χ2v) is 6.07. The van der Waals surface area contributed by atoms with E-state index in [1.807, 2.05) is 30.3 Å².